The lowest BCUT2D eigenvalue weighted by atomic mass is 10.1. The Morgan fingerprint density at radius 2 is 2.11 bits per heavy atom. The van der Waals surface area contributed by atoms with Crippen LogP contribution in [0.5, 0.6) is 0 Å². The van der Waals surface area contributed by atoms with Crippen molar-refractivity contribution < 1.29 is 13.5 Å². The summed E-state index contributed by atoms with van der Waals surface area (Å²) in [6, 6.07) is 5.04. The van der Waals surface area contributed by atoms with Crippen molar-refractivity contribution >= 4 is 10.0 Å². The van der Waals surface area contributed by atoms with Crippen LogP contribution in [0.1, 0.15) is 24.0 Å². The Labute approximate surface area is 114 Å². The number of rotatable bonds is 3. The van der Waals surface area contributed by atoms with Gasteiger partial charge in [0.05, 0.1) is 4.90 Å². The minimum Gasteiger partial charge on any atom is -0.384 e. The minimum atomic E-state index is -3.40. The fraction of sp³-hybridized carbons (Fsp3) is 0.429. The van der Waals surface area contributed by atoms with Gasteiger partial charge in [-0.05, 0) is 43.5 Å². The summed E-state index contributed by atoms with van der Waals surface area (Å²) in [6.45, 7) is 1.61. The molecule has 1 aromatic carbocycles. The van der Waals surface area contributed by atoms with Crippen molar-refractivity contribution in [2.45, 2.75) is 30.7 Å². The smallest absolute Gasteiger partial charge is 0.243 e. The number of nitrogens with zero attached hydrogens (tertiary/aromatic N) is 1. The molecule has 0 bridgehead atoms. The second-order valence-corrected chi connectivity index (χ2v) is 6.69. The van der Waals surface area contributed by atoms with E-state index in [1.807, 2.05) is 6.92 Å². The summed E-state index contributed by atoms with van der Waals surface area (Å²) in [5, 5.41) is 8.67. The van der Waals surface area contributed by atoms with Crippen molar-refractivity contribution in [3.8, 4) is 11.8 Å². The van der Waals surface area contributed by atoms with Crippen LogP contribution in [0.3, 0.4) is 0 Å². The zero-order valence-electron chi connectivity index (χ0n) is 11.0. The fourth-order valence-corrected chi connectivity index (χ4v) is 3.37. The lowest BCUT2D eigenvalue weighted by Crippen LogP contribution is -2.29. The third kappa shape index (κ3) is 2.98. The van der Waals surface area contributed by atoms with Gasteiger partial charge in [0, 0.05) is 18.7 Å². The number of aliphatic hydroxyl groups excluding tert-OH is 1. The van der Waals surface area contributed by atoms with Gasteiger partial charge in [0.25, 0.3) is 0 Å². The molecule has 1 aliphatic carbocycles. The summed E-state index contributed by atoms with van der Waals surface area (Å²) in [5.74, 6) is 5.36. The summed E-state index contributed by atoms with van der Waals surface area (Å²) in [4.78, 5) is 0.300. The molecule has 0 aromatic heterocycles. The first-order chi connectivity index (χ1) is 8.96. The summed E-state index contributed by atoms with van der Waals surface area (Å²) < 4.78 is 26.1. The molecule has 19 heavy (non-hydrogen) atoms. The number of hydrogen-bond donors (Lipinski definition) is 1. The Kier molecular flexibility index (Phi) is 3.95. The number of hydrogen-bond acceptors (Lipinski definition) is 3. The van der Waals surface area contributed by atoms with Crippen molar-refractivity contribution in [3.63, 3.8) is 0 Å². The van der Waals surface area contributed by atoms with Gasteiger partial charge in [-0.15, -0.1) is 0 Å². The topological polar surface area (TPSA) is 57.6 Å². The Morgan fingerprint density at radius 1 is 1.42 bits per heavy atom. The first-order valence-corrected chi connectivity index (χ1v) is 7.59. The van der Waals surface area contributed by atoms with E-state index >= 15 is 0 Å². The second-order valence-electron chi connectivity index (χ2n) is 4.69. The molecule has 1 aliphatic rings. The van der Waals surface area contributed by atoms with E-state index in [2.05, 4.69) is 11.8 Å². The molecule has 4 nitrogen and oxygen atoms in total. The van der Waals surface area contributed by atoms with Crippen LogP contribution in [0, 0.1) is 18.8 Å². The average molecular weight is 279 g/mol. The highest BCUT2D eigenvalue weighted by Crippen LogP contribution is 2.30. The summed E-state index contributed by atoms with van der Waals surface area (Å²) >= 11 is 0. The molecule has 1 aromatic rings. The van der Waals surface area contributed by atoms with Gasteiger partial charge in [0.15, 0.2) is 0 Å². The molecule has 0 heterocycles. The summed E-state index contributed by atoms with van der Waals surface area (Å²) in [5.41, 5.74) is 1.54. The molecule has 1 saturated carbocycles. The molecule has 102 valence electrons. The largest absolute Gasteiger partial charge is 0.384 e. The molecular weight excluding hydrogens is 262 g/mol. The quantitative estimate of drug-likeness (QED) is 0.844. The van der Waals surface area contributed by atoms with E-state index in [1.165, 1.54) is 4.31 Å². The lowest BCUT2D eigenvalue weighted by Gasteiger charge is -2.16. The molecule has 0 saturated heterocycles. The van der Waals surface area contributed by atoms with E-state index < -0.39 is 10.0 Å². The highest BCUT2D eigenvalue weighted by molar-refractivity contribution is 7.89. The maximum Gasteiger partial charge on any atom is 0.243 e. The third-order valence-electron chi connectivity index (χ3n) is 3.24. The predicted molar refractivity (Wildman–Crippen MR) is 73.1 cm³/mol. The first-order valence-electron chi connectivity index (χ1n) is 6.15. The van der Waals surface area contributed by atoms with Crippen LogP contribution in [0.25, 0.3) is 0 Å². The molecule has 2 rings (SSSR count). The first kappa shape index (κ1) is 14.1. The van der Waals surface area contributed by atoms with Gasteiger partial charge in [-0.1, -0.05) is 11.8 Å². The van der Waals surface area contributed by atoms with Crippen LogP contribution in [-0.4, -0.2) is 37.5 Å². The normalized spacial score (nSPS) is 15.2. The van der Waals surface area contributed by atoms with Crippen LogP contribution < -0.4 is 0 Å². The van der Waals surface area contributed by atoms with Gasteiger partial charge >= 0.3 is 0 Å². The zero-order chi connectivity index (χ0) is 14.0. The molecule has 1 fully saturated rings. The maximum absolute atomic E-state index is 12.3. The van der Waals surface area contributed by atoms with Crippen molar-refractivity contribution in [1.82, 2.24) is 4.31 Å². The van der Waals surface area contributed by atoms with E-state index in [-0.39, 0.29) is 12.6 Å². The molecule has 0 unspecified atom stereocenters. The Morgan fingerprint density at radius 3 is 2.63 bits per heavy atom. The fourth-order valence-electron chi connectivity index (χ4n) is 1.87. The molecule has 5 heteroatoms. The Hall–Kier alpha value is -1.35. The molecular formula is C14H17NO3S. The van der Waals surface area contributed by atoms with Gasteiger partial charge in [-0.3, -0.25) is 0 Å². The van der Waals surface area contributed by atoms with Crippen molar-refractivity contribution in [1.29, 1.82) is 0 Å². The van der Waals surface area contributed by atoms with Crippen LogP contribution in [0.15, 0.2) is 23.1 Å². The van der Waals surface area contributed by atoms with E-state index in [0.29, 0.717) is 4.90 Å². The molecule has 0 radical (unpaired) electrons. The maximum atomic E-state index is 12.3. The SMILES string of the molecule is Cc1cc(S(=O)(=O)N(C)C2CC2)ccc1C#CCO. The Balaban J connectivity index is 2.33. The van der Waals surface area contributed by atoms with Gasteiger partial charge in [-0.2, -0.15) is 4.31 Å². The molecule has 0 spiro atoms. The van der Waals surface area contributed by atoms with Gasteiger partial charge in [0.2, 0.25) is 10.0 Å². The second kappa shape index (κ2) is 5.33. The van der Waals surface area contributed by atoms with E-state index in [0.717, 1.165) is 24.0 Å². The van der Waals surface area contributed by atoms with E-state index in [4.69, 9.17) is 5.11 Å². The standard InChI is InChI=1S/C14H17NO3S/c1-11-10-14(8-5-12(11)4-3-9-16)19(17,18)15(2)13-6-7-13/h5,8,10,13,16H,6-7,9H2,1-2H3. The van der Waals surface area contributed by atoms with Crippen molar-refractivity contribution in [3.05, 3.63) is 29.3 Å². The van der Waals surface area contributed by atoms with Gasteiger partial charge in [0.1, 0.15) is 6.61 Å². The number of aliphatic hydroxyl groups is 1. The Bertz CT molecular complexity index is 636. The monoisotopic (exact) mass is 279 g/mol. The van der Waals surface area contributed by atoms with Crippen LogP contribution >= 0.6 is 0 Å². The highest BCUT2D eigenvalue weighted by atomic mass is 32.2. The molecule has 0 aliphatic heterocycles. The van der Waals surface area contributed by atoms with Gasteiger partial charge < -0.3 is 5.11 Å². The number of sulfonamides is 1. The molecule has 1 N–H and O–H groups in total. The van der Waals surface area contributed by atoms with Crippen molar-refractivity contribution in [2.24, 2.45) is 0 Å². The minimum absolute atomic E-state index is 0.152. The predicted octanol–water partition coefficient (Wildman–Crippen LogP) is 1.12. The van der Waals surface area contributed by atoms with Crippen molar-refractivity contribution in [2.75, 3.05) is 13.7 Å². The lowest BCUT2D eigenvalue weighted by molar-refractivity contribution is 0.350. The van der Waals surface area contributed by atoms with Crippen LogP contribution in [0.4, 0.5) is 0 Å². The number of aryl methyl sites for hydroxylation is 1. The number of benzene rings is 1. The van der Waals surface area contributed by atoms with Crippen LogP contribution in [0.2, 0.25) is 0 Å². The molecule has 0 amide bonds. The average Bonchev–Trinajstić information content (AvgIpc) is 3.20. The summed E-state index contributed by atoms with van der Waals surface area (Å²) in [7, 11) is -1.77. The van der Waals surface area contributed by atoms with E-state index in [9.17, 15) is 8.42 Å². The highest BCUT2D eigenvalue weighted by Gasteiger charge is 2.35. The molecule has 0 atom stereocenters. The van der Waals surface area contributed by atoms with Crippen LogP contribution in [-0.2, 0) is 10.0 Å². The van der Waals surface area contributed by atoms with E-state index in [1.54, 1.807) is 25.2 Å². The zero-order valence-corrected chi connectivity index (χ0v) is 11.9. The van der Waals surface area contributed by atoms with Gasteiger partial charge in [-0.25, -0.2) is 8.42 Å². The third-order valence-corrected chi connectivity index (χ3v) is 5.14. The summed E-state index contributed by atoms with van der Waals surface area (Å²) in [6.07, 6.45) is 1.88.